The van der Waals surface area contributed by atoms with Crippen molar-refractivity contribution < 1.29 is 14.0 Å². The Balaban J connectivity index is 1.76. The molecule has 1 atom stereocenters. The van der Waals surface area contributed by atoms with Crippen LogP contribution >= 0.6 is 0 Å². The molecule has 0 aromatic heterocycles. The van der Waals surface area contributed by atoms with E-state index in [1.807, 2.05) is 6.92 Å². The highest BCUT2D eigenvalue weighted by Crippen LogP contribution is 2.10. The van der Waals surface area contributed by atoms with E-state index in [2.05, 4.69) is 10.6 Å². The van der Waals surface area contributed by atoms with E-state index in [0.717, 1.165) is 11.1 Å². The van der Waals surface area contributed by atoms with Gasteiger partial charge in [0.2, 0.25) is 5.91 Å². The van der Waals surface area contributed by atoms with Gasteiger partial charge >= 0.3 is 6.03 Å². The topological polar surface area (TPSA) is 61.4 Å². The number of benzene rings is 1. The summed E-state index contributed by atoms with van der Waals surface area (Å²) in [4.78, 5) is 25.0. The second-order valence-corrected chi connectivity index (χ2v) is 5.32. The number of carbonyl (C=O) groups is 2. The van der Waals surface area contributed by atoms with Gasteiger partial charge in [-0.15, -0.1) is 0 Å². The SMILES string of the molecule is Cc1cc(F)ccc1CCNC(=O)NC1CCN(C)C1=O. The molecule has 0 radical (unpaired) electrons. The van der Waals surface area contributed by atoms with E-state index in [1.165, 1.54) is 12.1 Å². The molecule has 1 aromatic carbocycles. The number of carbonyl (C=O) groups excluding carboxylic acids is 2. The van der Waals surface area contributed by atoms with Crippen molar-refractivity contribution in [2.45, 2.75) is 25.8 Å². The van der Waals surface area contributed by atoms with E-state index in [9.17, 15) is 14.0 Å². The molecule has 3 amide bonds. The van der Waals surface area contributed by atoms with Gasteiger partial charge in [0.05, 0.1) is 0 Å². The van der Waals surface area contributed by atoms with Crippen LogP contribution in [0.1, 0.15) is 17.5 Å². The van der Waals surface area contributed by atoms with Crippen LogP contribution in [0.3, 0.4) is 0 Å². The van der Waals surface area contributed by atoms with Gasteiger partial charge in [0.25, 0.3) is 0 Å². The van der Waals surface area contributed by atoms with Crippen LogP contribution in [0, 0.1) is 12.7 Å². The largest absolute Gasteiger partial charge is 0.344 e. The first kappa shape index (κ1) is 15.3. The molecule has 1 heterocycles. The first-order valence-corrected chi connectivity index (χ1v) is 7.02. The Labute approximate surface area is 123 Å². The number of amides is 3. The zero-order valence-electron chi connectivity index (χ0n) is 12.3. The highest BCUT2D eigenvalue weighted by atomic mass is 19.1. The van der Waals surface area contributed by atoms with Crippen LogP contribution in [0.4, 0.5) is 9.18 Å². The van der Waals surface area contributed by atoms with Crippen LogP contribution in [-0.4, -0.2) is 43.0 Å². The van der Waals surface area contributed by atoms with E-state index in [-0.39, 0.29) is 17.8 Å². The number of halogens is 1. The number of rotatable bonds is 4. The second kappa shape index (κ2) is 6.56. The van der Waals surface area contributed by atoms with Crippen molar-refractivity contribution in [2.75, 3.05) is 20.1 Å². The summed E-state index contributed by atoms with van der Waals surface area (Å²) in [7, 11) is 1.72. The molecule has 114 valence electrons. The lowest BCUT2D eigenvalue weighted by molar-refractivity contribution is -0.128. The van der Waals surface area contributed by atoms with E-state index in [4.69, 9.17) is 0 Å². The molecule has 1 unspecified atom stereocenters. The summed E-state index contributed by atoms with van der Waals surface area (Å²) >= 11 is 0. The normalized spacial score (nSPS) is 18.0. The Hall–Kier alpha value is -2.11. The zero-order chi connectivity index (χ0) is 15.4. The third-order valence-electron chi connectivity index (χ3n) is 3.72. The Bertz CT molecular complexity index is 548. The van der Waals surface area contributed by atoms with Crippen LogP contribution < -0.4 is 10.6 Å². The van der Waals surface area contributed by atoms with Gasteiger partial charge in [-0.25, -0.2) is 9.18 Å². The summed E-state index contributed by atoms with van der Waals surface area (Å²) in [5.74, 6) is -0.314. The predicted molar refractivity (Wildman–Crippen MR) is 77.4 cm³/mol. The quantitative estimate of drug-likeness (QED) is 0.876. The van der Waals surface area contributed by atoms with Gasteiger partial charge in [-0.2, -0.15) is 0 Å². The van der Waals surface area contributed by atoms with E-state index >= 15 is 0 Å². The van der Waals surface area contributed by atoms with Crippen molar-refractivity contribution in [2.24, 2.45) is 0 Å². The van der Waals surface area contributed by atoms with Crippen molar-refractivity contribution >= 4 is 11.9 Å². The highest BCUT2D eigenvalue weighted by molar-refractivity contribution is 5.88. The molecule has 1 saturated heterocycles. The van der Waals surface area contributed by atoms with Gasteiger partial charge in [0.1, 0.15) is 11.9 Å². The first-order chi connectivity index (χ1) is 9.97. The standard InChI is InChI=1S/C15H20FN3O2/c1-10-9-12(16)4-3-11(10)5-7-17-15(21)18-13-6-8-19(2)14(13)20/h3-4,9,13H,5-8H2,1-2H3,(H2,17,18,21). The predicted octanol–water partition coefficient (Wildman–Crippen LogP) is 1.21. The fourth-order valence-corrected chi connectivity index (χ4v) is 2.42. The Kier molecular flexibility index (Phi) is 4.77. The van der Waals surface area contributed by atoms with Crippen molar-refractivity contribution in [3.8, 4) is 0 Å². The van der Waals surface area contributed by atoms with Crippen molar-refractivity contribution in [3.63, 3.8) is 0 Å². The minimum Gasteiger partial charge on any atom is -0.344 e. The van der Waals surface area contributed by atoms with Crippen LogP contribution in [0.5, 0.6) is 0 Å². The Morgan fingerprint density at radius 3 is 2.86 bits per heavy atom. The molecule has 1 aromatic rings. The molecule has 0 spiro atoms. The fraction of sp³-hybridized carbons (Fsp3) is 0.467. The van der Waals surface area contributed by atoms with Gasteiger partial charge in [0.15, 0.2) is 0 Å². The second-order valence-electron chi connectivity index (χ2n) is 5.32. The van der Waals surface area contributed by atoms with Crippen LogP contribution in [0.25, 0.3) is 0 Å². The number of nitrogens with zero attached hydrogens (tertiary/aromatic N) is 1. The number of likely N-dealkylation sites (tertiary alicyclic amines) is 1. The molecular weight excluding hydrogens is 273 g/mol. The van der Waals surface area contributed by atoms with Gasteiger partial charge in [0, 0.05) is 20.1 Å². The van der Waals surface area contributed by atoms with Crippen molar-refractivity contribution in [3.05, 3.63) is 35.1 Å². The maximum Gasteiger partial charge on any atom is 0.315 e. The average Bonchev–Trinajstić information content (AvgIpc) is 2.73. The summed E-state index contributed by atoms with van der Waals surface area (Å²) in [5.41, 5.74) is 1.86. The molecule has 0 bridgehead atoms. The molecule has 1 aliphatic rings. The number of likely N-dealkylation sites (N-methyl/N-ethyl adjacent to an activating group) is 1. The molecule has 0 saturated carbocycles. The fourth-order valence-electron chi connectivity index (χ4n) is 2.42. The smallest absolute Gasteiger partial charge is 0.315 e. The number of hydrogen-bond acceptors (Lipinski definition) is 2. The molecule has 0 aliphatic carbocycles. The van der Waals surface area contributed by atoms with E-state index in [1.54, 1.807) is 18.0 Å². The molecule has 2 N–H and O–H groups in total. The Morgan fingerprint density at radius 2 is 2.24 bits per heavy atom. The molecule has 5 nitrogen and oxygen atoms in total. The Morgan fingerprint density at radius 1 is 1.48 bits per heavy atom. The number of hydrogen-bond donors (Lipinski definition) is 2. The monoisotopic (exact) mass is 293 g/mol. The highest BCUT2D eigenvalue weighted by Gasteiger charge is 2.29. The minimum atomic E-state index is -0.428. The van der Waals surface area contributed by atoms with Gasteiger partial charge in [-0.05, 0) is 43.0 Å². The number of nitrogens with one attached hydrogen (secondary N) is 2. The van der Waals surface area contributed by atoms with Gasteiger partial charge in [-0.3, -0.25) is 4.79 Å². The third-order valence-corrected chi connectivity index (χ3v) is 3.72. The molecule has 1 fully saturated rings. The average molecular weight is 293 g/mol. The van der Waals surface area contributed by atoms with E-state index < -0.39 is 6.04 Å². The van der Waals surface area contributed by atoms with E-state index in [0.29, 0.717) is 25.9 Å². The van der Waals surface area contributed by atoms with Crippen molar-refractivity contribution in [1.29, 1.82) is 0 Å². The summed E-state index contributed by atoms with van der Waals surface area (Å²) < 4.78 is 13.0. The summed E-state index contributed by atoms with van der Waals surface area (Å²) in [6.07, 6.45) is 1.26. The first-order valence-electron chi connectivity index (χ1n) is 7.02. The summed E-state index contributed by atoms with van der Waals surface area (Å²) in [5, 5.41) is 5.39. The van der Waals surface area contributed by atoms with Crippen molar-refractivity contribution in [1.82, 2.24) is 15.5 Å². The molecular formula is C15H20FN3O2. The van der Waals surface area contributed by atoms with Gasteiger partial charge in [-0.1, -0.05) is 6.07 Å². The van der Waals surface area contributed by atoms with Gasteiger partial charge < -0.3 is 15.5 Å². The lowest BCUT2D eigenvalue weighted by atomic mass is 10.1. The summed E-state index contributed by atoms with van der Waals surface area (Å²) in [6.45, 7) is 2.94. The van der Waals surface area contributed by atoms with Crippen LogP contribution in [-0.2, 0) is 11.2 Å². The third kappa shape index (κ3) is 3.93. The molecule has 6 heteroatoms. The zero-order valence-corrected chi connectivity index (χ0v) is 12.3. The lowest BCUT2D eigenvalue weighted by Gasteiger charge is -2.13. The maximum absolute atomic E-state index is 13.0. The number of urea groups is 1. The maximum atomic E-state index is 13.0. The van der Waals surface area contributed by atoms with Crippen LogP contribution in [0.2, 0.25) is 0 Å². The molecule has 21 heavy (non-hydrogen) atoms. The van der Waals surface area contributed by atoms with Crippen LogP contribution in [0.15, 0.2) is 18.2 Å². The minimum absolute atomic E-state index is 0.0560. The molecule has 2 rings (SSSR count). The summed E-state index contributed by atoms with van der Waals surface area (Å²) in [6, 6.07) is 3.84. The molecule has 1 aliphatic heterocycles. The lowest BCUT2D eigenvalue weighted by Crippen LogP contribution is -2.46. The number of aryl methyl sites for hydroxylation is 1.